The van der Waals surface area contributed by atoms with E-state index >= 15 is 0 Å². The molecule has 0 atom stereocenters. The van der Waals surface area contributed by atoms with Gasteiger partial charge in [0.15, 0.2) is 8.32 Å². The number of nitrogens with zero attached hydrogens (tertiary/aromatic N) is 1. The Morgan fingerprint density at radius 2 is 0.970 bits per heavy atom. The summed E-state index contributed by atoms with van der Waals surface area (Å²) in [5, 5.41) is 0. The summed E-state index contributed by atoms with van der Waals surface area (Å²) >= 11 is 0. The molecule has 0 radical (unpaired) electrons. The van der Waals surface area contributed by atoms with E-state index in [4.69, 9.17) is 28.1 Å². The summed E-state index contributed by atoms with van der Waals surface area (Å²) in [7, 11) is -1.46. The monoisotopic (exact) mass is 483 g/mol. The molecule has 0 bridgehead atoms. The third-order valence-electron chi connectivity index (χ3n) is 4.59. The number of rotatable bonds is 19. The molecule has 9 nitrogen and oxygen atoms in total. The quantitative estimate of drug-likeness (QED) is 0.168. The van der Waals surface area contributed by atoms with Crippen LogP contribution in [0.25, 0.3) is 0 Å². The summed E-state index contributed by atoms with van der Waals surface area (Å²) in [5.74, 6) is -0.535. The first-order chi connectivity index (χ1) is 15.9. The molecule has 0 aliphatic carbocycles. The van der Waals surface area contributed by atoms with Crippen LogP contribution >= 0.6 is 0 Å². The molecule has 33 heavy (non-hydrogen) atoms. The van der Waals surface area contributed by atoms with Crippen LogP contribution in [0.2, 0.25) is 19.6 Å². The van der Waals surface area contributed by atoms with E-state index in [2.05, 4.69) is 19.6 Å². The molecular formula is C23H37NO8Si. The van der Waals surface area contributed by atoms with E-state index in [0.717, 1.165) is 0 Å². The van der Waals surface area contributed by atoms with Crippen molar-refractivity contribution in [3.63, 3.8) is 0 Å². The van der Waals surface area contributed by atoms with Crippen LogP contribution in [0.5, 0.6) is 0 Å². The molecule has 2 rings (SSSR count). The molecular weight excluding hydrogens is 446 g/mol. The Labute approximate surface area is 197 Å². The maximum absolute atomic E-state index is 12.2. The van der Waals surface area contributed by atoms with Crippen molar-refractivity contribution in [3.8, 4) is 0 Å². The number of amides is 2. The zero-order valence-corrected chi connectivity index (χ0v) is 21.0. The molecule has 10 heteroatoms. The lowest BCUT2D eigenvalue weighted by molar-refractivity contribution is -0.0135. The Kier molecular flexibility index (Phi) is 12.8. The number of benzene rings is 1. The summed E-state index contributed by atoms with van der Waals surface area (Å²) < 4.78 is 32.9. The van der Waals surface area contributed by atoms with Crippen molar-refractivity contribution in [2.45, 2.75) is 19.6 Å². The maximum atomic E-state index is 12.2. The van der Waals surface area contributed by atoms with Gasteiger partial charge in [-0.1, -0.05) is 12.1 Å². The molecule has 0 saturated carbocycles. The number of fused-ring (bicyclic) bond motifs is 1. The first-order valence-electron chi connectivity index (χ1n) is 11.4. The molecule has 0 aromatic heterocycles. The minimum Gasteiger partial charge on any atom is -0.415 e. The van der Waals surface area contributed by atoms with Crippen molar-refractivity contribution in [3.05, 3.63) is 35.4 Å². The average Bonchev–Trinajstić information content (AvgIpc) is 3.02. The minimum atomic E-state index is -1.46. The van der Waals surface area contributed by atoms with Crippen molar-refractivity contribution in [2.75, 3.05) is 79.2 Å². The topological polar surface area (TPSA) is 92.8 Å². The smallest absolute Gasteiger partial charge is 0.261 e. The van der Waals surface area contributed by atoms with E-state index in [9.17, 15) is 9.59 Å². The lowest BCUT2D eigenvalue weighted by Crippen LogP contribution is -2.33. The molecule has 0 fully saturated rings. The zero-order valence-electron chi connectivity index (χ0n) is 20.0. The standard InChI is InChI=1S/C23H37NO8Si/c1-33(2,3)32-19-18-31-17-16-30-15-14-29-13-12-28-11-10-27-9-8-24-22(25)20-6-4-5-7-21(20)23(24)26/h4-7H,8-19H2,1-3H3. The fraction of sp³-hybridized carbons (Fsp3) is 0.652. The Bertz CT molecular complexity index is 690. The highest BCUT2D eigenvalue weighted by Gasteiger charge is 2.34. The summed E-state index contributed by atoms with van der Waals surface area (Å²) in [6.45, 7) is 12.0. The van der Waals surface area contributed by atoms with Crippen LogP contribution in [0, 0.1) is 0 Å². The molecule has 0 unspecified atom stereocenters. The average molecular weight is 484 g/mol. The Morgan fingerprint density at radius 1 is 0.606 bits per heavy atom. The SMILES string of the molecule is C[Si](C)(C)OCCOCCOCCOCCOCCOCCN1C(=O)c2ccccc2C1=O. The second-order valence-corrected chi connectivity index (χ2v) is 12.8. The predicted octanol–water partition coefficient (Wildman–Crippen LogP) is 2.22. The second kappa shape index (κ2) is 15.3. The normalized spacial score (nSPS) is 13.7. The van der Waals surface area contributed by atoms with Gasteiger partial charge in [0.2, 0.25) is 0 Å². The van der Waals surface area contributed by atoms with Gasteiger partial charge in [-0.2, -0.15) is 0 Å². The van der Waals surface area contributed by atoms with E-state index < -0.39 is 8.32 Å². The number of ether oxygens (including phenoxy) is 5. The molecule has 186 valence electrons. The second-order valence-electron chi connectivity index (χ2n) is 8.33. The Balaban J connectivity index is 1.32. The fourth-order valence-corrected chi connectivity index (χ4v) is 3.68. The summed E-state index contributed by atoms with van der Waals surface area (Å²) in [5.41, 5.74) is 0.903. The molecule has 1 heterocycles. The largest absolute Gasteiger partial charge is 0.415 e. The first-order valence-corrected chi connectivity index (χ1v) is 14.8. The zero-order chi connectivity index (χ0) is 23.9. The van der Waals surface area contributed by atoms with Gasteiger partial charge in [-0.15, -0.1) is 0 Å². The van der Waals surface area contributed by atoms with Gasteiger partial charge in [-0.3, -0.25) is 14.5 Å². The van der Waals surface area contributed by atoms with Gasteiger partial charge >= 0.3 is 0 Å². The van der Waals surface area contributed by atoms with Crippen molar-refractivity contribution in [1.82, 2.24) is 4.90 Å². The van der Waals surface area contributed by atoms with Crippen LogP contribution in [-0.2, 0) is 28.1 Å². The maximum Gasteiger partial charge on any atom is 0.261 e. The minimum absolute atomic E-state index is 0.229. The lowest BCUT2D eigenvalue weighted by Gasteiger charge is -2.16. The predicted molar refractivity (Wildman–Crippen MR) is 125 cm³/mol. The first kappa shape index (κ1) is 27.6. The Morgan fingerprint density at radius 3 is 1.36 bits per heavy atom. The summed E-state index contributed by atoms with van der Waals surface area (Å²) in [4.78, 5) is 25.7. The van der Waals surface area contributed by atoms with Gasteiger partial charge in [0, 0.05) is 0 Å². The fourth-order valence-electron chi connectivity index (χ4n) is 2.99. The van der Waals surface area contributed by atoms with Gasteiger partial charge in [-0.05, 0) is 31.8 Å². The third kappa shape index (κ3) is 10.9. The Hall–Kier alpha value is -1.66. The molecule has 1 aromatic rings. The summed E-state index contributed by atoms with van der Waals surface area (Å²) in [6, 6.07) is 6.84. The van der Waals surface area contributed by atoms with E-state index in [0.29, 0.717) is 77.2 Å². The van der Waals surface area contributed by atoms with E-state index in [1.807, 2.05) is 0 Å². The molecule has 1 aromatic carbocycles. The molecule has 0 spiro atoms. The van der Waals surface area contributed by atoms with Gasteiger partial charge in [0.25, 0.3) is 11.8 Å². The van der Waals surface area contributed by atoms with Crippen LogP contribution in [0.4, 0.5) is 0 Å². The number of carbonyl (C=O) groups is 2. The van der Waals surface area contributed by atoms with Crippen LogP contribution < -0.4 is 0 Å². The van der Waals surface area contributed by atoms with Gasteiger partial charge in [-0.25, -0.2) is 0 Å². The number of hydrogen-bond acceptors (Lipinski definition) is 8. The molecule has 1 aliphatic rings. The number of carbonyl (C=O) groups excluding carboxylic acids is 2. The third-order valence-corrected chi connectivity index (χ3v) is 5.66. The molecule has 0 saturated heterocycles. The highest BCUT2D eigenvalue weighted by molar-refractivity contribution is 6.69. The summed E-state index contributed by atoms with van der Waals surface area (Å²) in [6.07, 6.45) is 0. The van der Waals surface area contributed by atoms with Gasteiger partial charge < -0.3 is 28.1 Å². The van der Waals surface area contributed by atoms with Crippen molar-refractivity contribution in [1.29, 1.82) is 0 Å². The van der Waals surface area contributed by atoms with Crippen LogP contribution in [0.1, 0.15) is 20.7 Å². The number of imide groups is 1. The van der Waals surface area contributed by atoms with E-state index in [1.165, 1.54) is 4.90 Å². The lowest BCUT2D eigenvalue weighted by atomic mass is 10.1. The molecule has 0 N–H and O–H groups in total. The molecule has 1 aliphatic heterocycles. The highest BCUT2D eigenvalue weighted by Crippen LogP contribution is 2.21. The van der Waals surface area contributed by atoms with Crippen molar-refractivity contribution in [2.24, 2.45) is 0 Å². The molecule has 2 amide bonds. The van der Waals surface area contributed by atoms with Crippen molar-refractivity contribution < 1.29 is 37.7 Å². The van der Waals surface area contributed by atoms with E-state index in [-0.39, 0.29) is 25.0 Å². The highest BCUT2D eigenvalue weighted by atomic mass is 28.4. The van der Waals surface area contributed by atoms with Crippen LogP contribution in [0.3, 0.4) is 0 Å². The van der Waals surface area contributed by atoms with Crippen LogP contribution in [-0.4, -0.2) is 104 Å². The van der Waals surface area contributed by atoms with Crippen LogP contribution in [0.15, 0.2) is 24.3 Å². The number of hydrogen-bond donors (Lipinski definition) is 0. The van der Waals surface area contributed by atoms with Crippen molar-refractivity contribution >= 4 is 20.1 Å². The van der Waals surface area contributed by atoms with Gasteiger partial charge in [0.1, 0.15) is 0 Å². The van der Waals surface area contributed by atoms with Gasteiger partial charge in [0.05, 0.1) is 90.3 Å². The van der Waals surface area contributed by atoms with E-state index in [1.54, 1.807) is 24.3 Å².